The van der Waals surface area contributed by atoms with E-state index >= 15 is 0 Å². The van der Waals surface area contributed by atoms with Crippen molar-refractivity contribution in [2.45, 2.75) is 19.8 Å². The molecule has 4 nitrogen and oxygen atoms in total. The second kappa shape index (κ2) is 5.26. The Morgan fingerprint density at radius 2 is 1.80 bits per heavy atom. The molecular weight excluding hydrogens is 192 g/mol. The molecule has 1 aliphatic rings. The number of nitrogens with zero attached hydrogens (tertiary/aromatic N) is 2. The zero-order valence-corrected chi connectivity index (χ0v) is 9.82. The molecule has 0 spiro atoms. The van der Waals surface area contributed by atoms with E-state index in [1.54, 1.807) is 19.0 Å². The van der Waals surface area contributed by atoms with Crippen molar-refractivity contribution in [3.63, 3.8) is 0 Å². The molecule has 0 bridgehead atoms. The summed E-state index contributed by atoms with van der Waals surface area (Å²) in [7, 11) is 3.47. The Kier molecular flexibility index (Phi) is 4.27. The first kappa shape index (κ1) is 12.2. The Hall–Kier alpha value is -0.900. The SMILES string of the molecule is CCN(CC(=O)C1CC1)CC(=O)N(C)C. The molecule has 1 fully saturated rings. The fourth-order valence-corrected chi connectivity index (χ4v) is 1.37. The molecule has 1 saturated carbocycles. The highest BCUT2D eigenvalue weighted by Crippen LogP contribution is 2.29. The lowest BCUT2D eigenvalue weighted by Crippen LogP contribution is -2.39. The monoisotopic (exact) mass is 212 g/mol. The molecule has 0 N–H and O–H groups in total. The van der Waals surface area contributed by atoms with E-state index in [-0.39, 0.29) is 11.8 Å². The fraction of sp³-hybridized carbons (Fsp3) is 0.818. The third-order valence-corrected chi connectivity index (χ3v) is 2.72. The first-order valence-corrected chi connectivity index (χ1v) is 5.49. The van der Waals surface area contributed by atoms with Crippen molar-refractivity contribution in [3.8, 4) is 0 Å². The minimum Gasteiger partial charge on any atom is -0.348 e. The van der Waals surface area contributed by atoms with Crippen LogP contribution in [0, 0.1) is 5.92 Å². The maximum Gasteiger partial charge on any atom is 0.236 e. The van der Waals surface area contributed by atoms with Crippen LogP contribution in [-0.4, -0.2) is 55.2 Å². The van der Waals surface area contributed by atoms with Crippen LogP contribution >= 0.6 is 0 Å². The Morgan fingerprint density at radius 1 is 1.20 bits per heavy atom. The normalized spacial score (nSPS) is 15.5. The number of rotatable bonds is 6. The molecular formula is C11H20N2O2. The van der Waals surface area contributed by atoms with Crippen molar-refractivity contribution in [2.75, 3.05) is 33.7 Å². The summed E-state index contributed by atoms with van der Waals surface area (Å²) in [4.78, 5) is 26.5. The quantitative estimate of drug-likeness (QED) is 0.639. The van der Waals surface area contributed by atoms with E-state index < -0.39 is 0 Å². The van der Waals surface area contributed by atoms with Crippen molar-refractivity contribution < 1.29 is 9.59 Å². The lowest BCUT2D eigenvalue weighted by molar-refractivity contribution is -0.130. The van der Waals surface area contributed by atoms with Crippen LogP contribution in [-0.2, 0) is 9.59 Å². The summed E-state index contributed by atoms with van der Waals surface area (Å²) in [5, 5.41) is 0. The van der Waals surface area contributed by atoms with Crippen LogP contribution in [0.4, 0.5) is 0 Å². The average molecular weight is 212 g/mol. The lowest BCUT2D eigenvalue weighted by atomic mass is 10.2. The Morgan fingerprint density at radius 3 is 2.20 bits per heavy atom. The van der Waals surface area contributed by atoms with Crippen LogP contribution in [0.15, 0.2) is 0 Å². The van der Waals surface area contributed by atoms with Crippen LogP contribution in [0.5, 0.6) is 0 Å². The topological polar surface area (TPSA) is 40.6 Å². The van der Waals surface area contributed by atoms with Gasteiger partial charge in [0, 0.05) is 20.0 Å². The third kappa shape index (κ3) is 4.00. The number of carbonyl (C=O) groups excluding carboxylic acids is 2. The Labute approximate surface area is 91.2 Å². The first-order chi connectivity index (χ1) is 7.04. The summed E-state index contributed by atoms with van der Waals surface area (Å²) in [6.07, 6.45) is 2.08. The molecule has 0 unspecified atom stereocenters. The van der Waals surface area contributed by atoms with Crippen molar-refractivity contribution >= 4 is 11.7 Å². The maximum atomic E-state index is 11.6. The molecule has 0 aromatic heterocycles. The predicted molar refractivity (Wildman–Crippen MR) is 58.5 cm³/mol. The van der Waals surface area contributed by atoms with Gasteiger partial charge in [-0.25, -0.2) is 0 Å². The molecule has 0 atom stereocenters. The molecule has 0 aliphatic heterocycles. The predicted octanol–water partition coefficient (Wildman–Crippen LogP) is 0.376. The molecule has 0 aromatic carbocycles. The highest BCUT2D eigenvalue weighted by Gasteiger charge is 2.30. The van der Waals surface area contributed by atoms with E-state index in [9.17, 15) is 9.59 Å². The van der Waals surface area contributed by atoms with Gasteiger partial charge < -0.3 is 4.90 Å². The van der Waals surface area contributed by atoms with Crippen LogP contribution in [0.3, 0.4) is 0 Å². The summed E-state index contributed by atoms with van der Waals surface area (Å²) >= 11 is 0. The van der Waals surface area contributed by atoms with E-state index in [0.29, 0.717) is 18.9 Å². The summed E-state index contributed by atoms with van der Waals surface area (Å²) < 4.78 is 0. The fourth-order valence-electron chi connectivity index (χ4n) is 1.37. The van der Waals surface area contributed by atoms with Crippen LogP contribution in [0.2, 0.25) is 0 Å². The molecule has 1 aliphatic carbocycles. The van der Waals surface area contributed by atoms with Crippen LogP contribution in [0.25, 0.3) is 0 Å². The van der Waals surface area contributed by atoms with E-state index in [4.69, 9.17) is 0 Å². The average Bonchev–Trinajstić information content (AvgIpc) is 2.99. The number of hydrogen-bond acceptors (Lipinski definition) is 3. The van der Waals surface area contributed by atoms with Crippen LogP contribution < -0.4 is 0 Å². The first-order valence-electron chi connectivity index (χ1n) is 5.49. The van der Waals surface area contributed by atoms with E-state index in [2.05, 4.69) is 0 Å². The summed E-state index contributed by atoms with van der Waals surface area (Å²) in [5.41, 5.74) is 0. The summed E-state index contributed by atoms with van der Waals surface area (Å²) in [6.45, 7) is 3.50. The molecule has 4 heteroatoms. The molecule has 15 heavy (non-hydrogen) atoms. The Balaban J connectivity index is 2.34. The van der Waals surface area contributed by atoms with Gasteiger partial charge in [-0.3, -0.25) is 14.5 Å². The minimum absolute atomic E-state index is 0.0560. The van der Waals surface area contributed by atoms with Gasteiger partial charge in [-0.15, -0.1) is 0 Å². The summed E-state index contributed by atoms with van der Waals surface area (Å²) in [6, 6.07) is 0. The second-order valence-electron chi connectivity index (χ2n) is 4.33. The summed E-state index contributed by atoms with van der Waals surface area (Å²) in [5.74, 6) is 0.636. The minimum atomic E-state index is 0.0560. The van der Waals surface area contributed by atoms with Gasteiger partial charge in [0.15, 0.2) is 0 Å². The molecule has 1 rings (SSSR count). The zero-order valence-electron chi connectivity index (χ0n) is 9.82. The molecule has 0 heterocycles. The van der Waals surface area contributed by atoms with Gasteiger partial charge in [-0.05, 0) is 19.4 Å². The van der Waals surface area contributed by atoms with Gasteiger partial charge in [-0.2, -0.15) is 0 Å². The van der Waals surface area contributed by atoms with Gasteiger partial charge in [0.25, 0.3) is 0 Å². The number of carbonyl (C=O) groups is 2. The number of amides is 1. The lowest BCUT2D eigenvalue weighted by Gasteiger charge is -2.21. The molecule has 0 saturated heterocycles. The highest BCUT2D eigenvalue weighted by atomic mass is 16.2. The zero-order chi connectivity index (χ0) is 11.4. The van der Waals surface area contributed by atoms with Gasteiger partial charge in [0.2, 0.25) is 5.91 Å². The third-order valence-electron chi connectivity index (χ3n) is 2.72. The van der Waals surface area contributed by atoms with Gasteiger partial charge in [-0.1, -0.05) is 6.92 Å². The second-order valence-corrected chi connectivity index (χ2v) is 4.33. The largest absolute Gasteiger partial charge is 0.348 e. The number of ketones is 1. The van der Waals surface area contributed by atoms with Crippen molar-refractivity contribution in [3.05, 3.63) is 0 Å². The van der Waals surface area contributed by atoms with Gasteiger partial charge in [0.05, 0.1) is 13.1 Å². The highest BCUT2D eigenvalue weighted by molar-refractivity contribution is 5.85. The van der Waals surface area contributed by atoms with Crippen molar-refractivity contribution in [1.29, 1.82) is 0 Å². The standard InChI is InChI=1S/C11H20N2O2/c1-4-13(8-11(15)12(2)3)7-10(14)9-5-6-9/h9H,4-8H2,1-3H3. The van der Waals surface area contributed by atoms with Crippen molar-refractivity contribution in [2.24, 2.45) is 5.92 Å². The van der Waals surface area contributed by atoms with Crippen LogP contribution in [0.1, 0.15) is 19.8 Å². The van der Waals surface area contributed by atoms with E-state index in [0.717, 1.165) is 19.4 Å². The van der Waals surface area contributed by atoms with Gasteiger partial charge in [0.1, 0.15) is 5.78 Å². The smallest absolute Gasteiger partial charge is 0.236 e. The molecule has 0 radical (unpaired) electrons. The molecule has 0 aromatic rings. The Bertz CT molecular complexity index is 231. The molecule has 1 amide bonds. The van der Waals surface area contributed by atoms with Crippen molar-refractivity contribution in [1.82, 2.24) is 9.80 Å². The number of Topliss-reactive ketones (excluding diaryl/α,β-unsaturated/α-hetero) is 1. The number of likely N-dealkylation sites (N-methyl/N-ethyl adjacent to an activating group) is 2. The maximum absolute atomic E-state index is 11.6. The van der Waals surface area contributed by atoms with Gasteiger partial charge >= 0.3 is 0 Å². The van der Waals surface area contributed by atoms with E-state index in [1.165, 1.54) is 0 Å². The van der Waals surface area contributed by atoms with E-state index in [1.807, 2.05) is 11.8 Å². The number of hydrogen-bond donors (Lipinski definition) is 0. The molecule has 86 valence electrons.